The van der Waals surface area contributed by atoms with E-state index in [1.807, 2.05) is 36.0 Å². The number of anilines is 1. The zero-order valence-electron chi connectivity index (χ0n) is 16.9. The van der Waals surface area contributed by atoms with Crippen molar-refractivity contribution in [1.29, 1.82) is 0 Å². The molecule has 1 aliphatic rings. The number of nitrogens with zero attached hydrogens (tertiary/aromatic N) is 3. The van der Waals surface area contributed by atoms with Gasteiger partial charge in [-0.3, -0.25) is 4.68 Å². The molecule has 6 nitrogen and oxygen atoms in total. The van der Waals surface area contributed by atoms with Crippen LogP contribution in [0.2, 0.25) is 0 Å². The van der Waals surface area contributed by atoms with E-state index in [1.165, 1.54) is 16.9 Å². The molecule has 6 heteroatoms. The van der Waals surface area contributed by atoms with Gasteiger partial charge in [0.15, 0.2) is 0 Å². The number of aryl methyl sites for hydroxylation is 2. The largest absolute Gasteiger partial charge is 0.387 e. The van der Waals surface area contributed by atoms with Gasteiger partial charge in [0.25, 0.3) is 0 Å². The van der Waals surface area contributed by atoms with E-state index < -0.39 is 6.10 Å². The zero-order chi connectivity index (χ0) is 19.4. The van der Waals surface area contributed by atoms with E-state index in [1.54, 1.807) is 0 Å². The highest BCUT2D eigenvalue weighted by molar-refractivity contribution is 5.51. The number of nitrogens with one attached hydrogen (secondary N) is 1. The van der Waals surface area contributed by atoms with E-state index in [2.05, 4.69) is 31.0 Å². The van der Waals surface area contributed by atoms with Crippen molar-refractivity contribution < 1.29 is 9.84 Å². The fraction of sp³-hybridized carbons (Fsp3) is 0.571. The van der Waals surface area contributed by atoms with Gasteiger partial charge in [-0.15, -0.1) is 0 Å². The van der Waals surface area contributed by atoms with Crippen LogP contribution in [0.4, 0.5) is 5.82 Å². The lowest BCUT2D eigenvalue weighted by molar-refractivity contribution is 0.122. The standard InChI is InChI=1S/C21H32N4O2/c1-15(2)20-18(21(24(4)23-20)25-9-11-27-12-10-25)13-22-14-19(26)17-7-5-16(3)6-8-17/h5-8,15,19,22,26H,9-14H2,1-4H3. The fourth-order valence-electron chi connectivity index (χ4n) is 3.62. The average Bonchev–Trinajstić information content (AvgIpc) is 2.99. The highest BCUT2D eigenvalue weighted by Gasteiger charge is 2.24. The number of aliphatic hydroxyl groups excluding tert-OH is 1. The van der Waals surface area contributed by atoms with Crippen LogP contribution in [0.15, 0.2) is 24.3 Å². The molecule has 2 aromatic rings. The number of ether oxygens (including phenoxy) is 1. The molecule has 148 valence electrons. The molecule has 0 bridgehead atoms. The molecule has 0 amide bonds. The summed E-state index contributed by atoms with van der Waals surface area (Å²) in [6.45, 7) is 10.9. The van der Waals surface area contributed by atoms with Crippen molar-refractivity contribution in [3.8, 4) is 0 Å². The molecule has 2 heterocycles. The molecule has 27 heavy (non-hydrogen) atoms. The van der Waals surface area contributed by atoms with Crippen molar-refractivity contribution in [2.75, 3.05) is 37.7 Å². The van der Waals surface area contributed by atoms with Gasteiger partial charge in [-0.1, -0.05) is 43.7 Å². The van der Waals surface area contributed by atoms with Crippen LogP contribution in [0, 0.1) is 6.92 Å². The molecule has 1 unspecified atom stereocenters. The molecule has 0 saturated carbocycles. The van der Waals surface area contributed by atoms with E-state index in [-0.39, 0.29) is 0 Å². The van der Waals surface area contributed by atoms with E-state index in [0.29, 0.717) is 19.0 Å². The smallest absolute Gasteiger partial charge is 0.131 e. The van der Waals surface area contributed by atoms with E-state index >= 15 is 0 Å². The summed E-state index contributed by atoms with van der Waals surface area (Å²) in [5.74, 6) is 1.52. The maximum atomic E-state index is 10.5. The van der Waals surface area contributed by atoms with Crippen molar-refractivity contribution in [2.24, 2.45) is 7.05 Å². The number of aliphatic hydroxyl groups is 1. The van der Waals surface area contributed by atoms with Crippen molar-refractivity contribution >= 4 is 5.82 Å². The topological polar surface area (TPSA) is 62.5 Å². The van der Waals surface area contributed by atoms with Crippen molar-refractivity contribution in [1.82, 2.24) is 15.1 Å². The van der Waals surface area contributed by atoms with Gasteiger partial charge in [-0.2, -0.15) is 5.10 Å². The van der Waals surface area contributed by atoms with Gasteiger partial charge in [-0.25, -0.2) is 0 Å². The molecule has 1 aliphatic heterocycles. The average molecular weight is 373 g/mol. The molecule has 1 aromatic heterocycles. The first kappa shape index (κ1) is 19.9. The van der Waals surface area contributed by atoms with Crippen LogP contribution < -0.4 is 10.2 Å². The summed E-state index contributed by atoms with van der Waals surface area (Å²) in [5.41, 5.74) is 4.49. The molecule has 1 atom stereocenters. The first-order chi connectivity index (χ1) is 13.0. The minimum absolute atomic E-state index is 0.352. The quantitative estimate of drug-likeness (QED) is 0.782. The van der Waals surface area contributed by atoms with Crippen LogP contribution in [0.3, 0.4) is 0 Å². The number of aromatic nitrogens is 2. The van der Waals surface area contributed by atoms with E-state index in [9.17, 15) is 5.11 Å². The van der Waals surface area contributed by atoms with Crippen molar-refractivity contribution in [2.45, 2.75) is 39.3 Å². The van der Waals surface area contributed by atoms with Gasteiger partial charge in [-0.05, 0) is 18.4 Å². The van der Waals surface area contributed by atoms with Crippen molar-refractivity contribution in [3.05, 3.63) is 46.6 Å². The summed E-state index contributed by atoms with van der Waals surface area (Å²) in [5, 5.41) is 18.7. The van der Waals surface area contributed by atoms with Gasteiger partial charge in [0.2, 0.25) is 0 Å². The Morgan fingerprint density at radius 2 is 1.85 bits per heavy atom. The normalized spacial score (nSPS) is 16.1. The summed E-state index contributed by atoms with van der Waals surface area (Å²) < 4.78 is 7.50. The molecule has 3 rings (SSSR count). The summed E-state index contributed by atoms with van der Waals surface area (Å²) in [6, 6.07) is 8.05. The Hall–Kier alpha value is -1.89. The van der Waals surface area contributed by atoms with E-state index in [0.717, 1.165) is 37.6 Å². The number of benzene rings is 1. The minimum Gasteiger partial charge on any atom is -0.387 e. The Morgan fingerprint density at radius 3 is 2.48 bits per heavy atom. The first-order valence-electron chi connectivity index (χ1n) is 9.81. The van der Waals surface area contributed by atoms with Gasteiger partial charge in [0.1, 0.15) is 5.82 Å². The van der Waals surface area contributed by atoms with Crippen LogP contribution in [0.5, 0.6) is 0 Å². The predicted molar refractivity (Wildman–Crippen MR) is 108 cm³/mol. The second-order valence-corrected chi connectivity index (χ2v) is 7.62. The Labute approximate surface area is 162 Å². The SMILES string of the molecule is Cc1ccc(C(O)CNCc2c(C(C)C)nn(C)c2N2CCOCC2)cc1. The molecule has 1 fully saturated rings. The molecule has 0 aliphatic carbocycles. The van der Waals surface area contributed by atoms with Crippen LogP contribution in [0.25, 0.3) is 0 Å². The van der Waals surface area contributed by atoms with E-state index in [4.69, 9.17) is 9.84 Å². The lowest BCUT2D eigenvalue weighted by Gasteiger charge is -2.29. The number of hydrogen-bond acceptors (Lipinski definition) is 5. The predicted octanol–water partition coefficient (Wildman–Crippen LogP) is 2.51. The van der Waals surface area contributed by atoms with Gasteiger partial charge in [0.05, 0.1) is 25.0 Å². The third-order valence-corrected chi connectivity index (χ3v) is 5.10. The summed E-state index contributed by atoms with van der Waals surface area (Å²) in [6.07, 6.45) is -0.517. The van der Waals surface area contributed by atoms with Crippen LogP contribution >= 0.6 is 0 Å². The Morgan fingerprint density at radius 1 is 1.19 bits per heavy atom. The molecule has 1 aromatic carbocycles. The third-order valence-electron chi connectivity index (χ3n) is 5.10. The molecule has 0 radical (unpaired) electrons. The zero-order valence-corrected chi connectivity index (χ0v) is 16.9. The van der Waals surface area contributed by atoms with Gasteiger partial charge < -0.3 is 20.1 Å². The minimum atomic E-state index is -0.517. The summed E-state index contributed by atoms with van der Waals surface area (Å²) in [4.78, 5) is 2.36. The van der Waals surface area contributed by atoms with Crippen LogP contribution in [-0.4, -0.2) is 47.7 Å². The lowest BCUT2D eigenvalue weighted by atomic mass is 10.0. The molecule has 0 spiro atoms. The maximum Gasteiger partial charge on any atom is 0.131 e. The lowest BCUT2D eigenvalue weighted by Crippen LogP contribution is -2.38. The monoisotopic (exact) mass is 372 g/mol. The van der Waals surface area contributed by atoms with Crippen LogP contribution in [-0.2, 0) is 18.3 Å². The fourth-order valence-corrected chi connectivity index (χ4v) is 3.62. The number of hydrogen-bond donors (Lipinski definition) is 2. The summed E-state index contributed by atoms with van der Waals surface area (Å²) >= 11 is 0. The second kappa shape index (κ2) is 8.87. The molecule has 1 saturated heterocycles. The van der Waals surface area contributed by atoms with Gasteiger partial charge in [0, 0.05) is 38.8 Å². The maximum absolute atomic E-state index is 10.5. The number of rotatable bonds is 7. The second-order valence-electron chi connectivity index (χ2n) is 7.62. The Bertz CT molecular complexity index is 733. The molecule has 2 N–H and O–H groups in total. The van der Waals surface area contributed by atoms with Crippen LogP contribution in [0.1, 0.15) is 48.3 Å². The van der Waals surface area contributed by atoms with Gasteiger partial charge >= 0.3 is 0 Å². The molecular weight excluding hydrogens is 340 g/mol. The number of morpholine rings is 1. The summed E-state index contributed by atoms with van der Waals surface area (Å²) in [7, 11) is 2.02. The first-order valence-corrected chi connectivity index (χ1v) is 9.81. The highest BCUT2D eigenvalue weighted by atomic mass is 16.5. The third kappa shape index (κ3) is 4.69. The van der Waals surface area contributed by atoms with Crippen molar-refractivity contribution in [3.63, 3.8) is 0 Å². The Kier molecular flexibility index (Phi) is 6.52. The molecular formula is C21H32N4O2. The Balaban J connectivity index is 1.71. The highest BCUT2D eigenvalue weighted by Crippen LogP contribution is 2.29.